The summed E-state index contributed by atoms with van der Waals surface area (Å²) in [5, 5.41) is 0. The summed E-state index contributed by atoms with van der Waals surface area (Å²) < 4.78 is 1.98. The van der Waals surface area contributed by atoms with E-state index in [4.69, 9.17) is 0 Å². The predicted molar refractivity (Wildman–Crippen MR) is 95.5 cm³/mol. The van der Waals surface area contributed by atoms with Gasteiger partial charge in [0, 0.05) is 38.7 Å². The van der Waals surface area contributed by atoms with Crippen molar-refractivity contribution in [1.29, 1.82) is 0 Å². The zero-order valence-electron chi connectivity index (χ0n) is 14.5. The topological polar surface area (TPSA) is 54.7 Å². The van der Waals surface area contributed by atoms with E-state index in [-0.39, 0.29) is 17.7 Å². The molecule has 0 bridgehead atoms. The number of hydrogen-bond acceptors (Lipinski definition) is 2. The van der Waals surface area contributed by atoms with Gasteiger partial charge in [-0.15, -0.1) is 0 Å². The molecule has 1 aliphatic heterocycles. The van der Waals surface area contributed by atoms with Crippen LogP contribution in [0.3, 0.4) is 0 Å². The number of benzene rings is 1. The SMILES string of the molecule is CC(=O)N1CCC(C(=O)N=c2ccccn2Cc2ccccc2)CC1. The van der Waals surface area contributed by atoms with Crippen molar-refractivity contribution < 1.29 is 9.59 Å². The van der Waals surface area contributed by atoms with E-state index in [0.717, 1.165) is 5.56 Å². The molecule has 1 aliphatic rings. The average molecular weight is 337 g/mol. The summed E-state index contributed by atoms with van der Waals surface area (Å²) in [4.78, 5) is 30.1. The number of nitrogens with zero attached hydrogens (tertiary/aromatic N) is 3. The van der Waals surface area contributed by atoms with Crippen LogP contribution in [0.1, 0.15) is 25.3 Å². The van der Waals surface area contributed by atoms with Crippen molar-refractivity contribution in [3.63, 3.8) is 0 Å². The number of amides is 2. The van der Waals surface area contributed by atoms with Crippen LogP contribution in [-0.2, 0) is 16.1 Å². The lowest BCUT2D eigenvalue weighted by atomic mass is 9.96. The maximum Gasteiger partial charge on any atom is 0.250 e. The maximum absolute atomic E-state index is 12.6. The van der Waals surface area contributed by atoms with Crippen molar-refractivity contribution in [1.82, 2.24) is 9.47 Å². The van der Waals surface area contributed by atoms with Gasteiger partial charge in [0.05, 0.1) is 0 Å². The fourth-order valence-electron chi connectivity index (χ4n) is 3.13. The van der Waals surface area contributed by atoms with Crippen LogP contribution >= 0.6 is 0 Å². The molecule has 2 amide bonds. The highest BCUT2D eigenvalue weighted by Gasteiger charge is 2.25. The minimum absolute atomic E-state index is 0.0756. The van der Waals surface area contributed by atoms with E-state index in [1.165, 1.54) is 0 Å². The van der Waals surface area contributed by atoms with Gasteiger partial charge in [-0.05, 0) is 30.5 Å². The minimum atomic E-state index is -0.0963. The van der Waals surface area contributed by atoms with Gasteiger partial charge in [-0.2, -0.15) is 4.99 Å². The van der Waals surface area contributed by atoms with Gasteiger partial charge in [-0.1, -0.05) is 36.4 Å². The first kappa shape index (κ1) is 17.1. The molecule has 0 unspecified atom stereocenters. The van der Waals surface area contributed by atoms with E-state index in [1.54, 1.807) is 11.8 Å². The molecule has 0 N–H and O–H groups in total. The van der Waals surface area contributed by atoms with Gasteiger partial charge in [0.2, 0.25) is 5.91 Å². The van der Waals surface area contributed by atoms with Crippen LogP contribution in [0, 0.1) is 5.92 Å². The molecule has 1 aromatic carbocycles. The van der Waals surface area contributed by atoms with Crippen LogP contribution in [0.4, 0.5) is 0 Å². The predicted octanol–water partition coefficient (Wildman–Crippen LogP) is 2.22. The molecule has 1 saturated heterocycles. The van der Waals surface area contributed by atoms with Crippen molar-refractivity contribution in [3.8, 4) is 0 Å². The summed E-state index contributed by atoms with van der Waals surface area (Å²) in [5.74, 6) is -0.108. The Morgan fingerprint density at radius 1 is 1.04 bits per heavy atom. The van der Waals surface area contributed by atoms with Crippen LogP contribution in [0.2, 0.25) is 0 Å². The Morgan fingerprint density at radius 2 is 1.72 bits per heavy atom. The third-order valence-corrected chi connectivity index (χ3v) is 4.63. The Morgan fingerprint density at radius 3 is 2.40 bits per heavy atom. The molecule has 0 saturated carbocycles. The number of aromatic nitrogens is 1. The van der Waals surface area contributed by atoms with Gasteiger partial charge in [0.15, 0.2) is 0 Å². The number of hydrogen-bond donors (Lipinski definition) is 0. The van der Waals surface area contributed by atoms with Crippen LogP contribution in [0.25, 0.3) is 0 Å². The Balaban J connectivity index is 1.75. The zero-order valence-corrected chi connectivity index (χ0v) is 14.5. The molecule has 2 aromatic rings. The van der Waals surface area contributed by atoms with Crippen LogP contribution in [-0.4, -0.2) is 34.4 Å². The largest absolute Gasteiger partial charge is 0.343 e. The van der Waals surface area contributed by atoms with Crippen molar-refractivity contribution in [2.45, 2.75) is 26.3 Å². The van der Waals surface area contributed by atoms with Crippen molar-refractivity contribution >= 4 is 11.8 Å². The van der Waals surface area contributed by atoms with E-state index >= 15 is 0 Å². The molecule has 0 radical (unpaired) electrons. The summed E-state index contributed by atoms with van der Waals surface area (Å²) in [6.07, 6.45) is 3.32. The Bertz CT molecular complexity index is 803. The third-order valence-electron chi connectivity index (χ3n) is 4.63. The Labute approximate surface area is 147 Å². The molecule has 0 aliphatic carbocycles. The first-order valence-corrected chi connectivity index (χ1v) is 8.67. The summed E-state index contributed by atoms with van der Waals surface area (Å²) in [6.45, 7) is 3.53. The second kappa shape index (κ2) is 7.92. The molecule has 25 heavy (non-hydrogen) atoms. The number of carbonyl (C=O) groups is 2. The van der Waals surface area contributed by atoms with Gasteiger partial charge < -0.3 is 9.47 Å². The highest BCUT2D eigenvalue weighted by atomic mass is 16.2. The molecular weight excluding hydrogens is 314 g/mol. The number of carbonyl (C=O) groups excluding carboxylic acids is 2. The lowest BCUT2D eigenvalue weighted by Gasteiger charge is -2.29. The molecule has 2 heterocycles. The molecule has 130 valence electrons. The van der Waals surface area contributed by atoms with E-state index in [1.807, 2.05) is 47.2 Å². The second-order valence-electron chi connectivity index (χ2n) is 6.40. The van der Waals surface area contributed by atoms with Crippen LogP contribution < -0.4 is 5.49 Å². The highest BCUT2D eigenvalue weighted by molar-refractivity contribution is 5.80. The van der Waals surface area contributed by atoms with Gasteiger partial charge in [0.1, 0.15) is 5.49 Å². The smallest absolute Gasteiger partial charge is 0.250 e. The number of piperidine rings is 1. The zero-order chi connectivity index (χ0) is 17.6. The first-order valence-electron chi connectivity index (χ1n) is 8.67. The van der Waals surface area contributed by atoms with Crippen LogP contribution in [0.15, 0.2) is 59.7 Å². The van der Waals surface area contributed by atoms with E-state index in [2.05, 4.69) is 17.1 Å². The fourth-order valence-corrected chi connectivity index (χ4v) is 3.13. The van der Waals surface area contributed by atoms with Gasteiger partial charge in [0.25, 0.3) is 5.91 Å². The Hall–Kier alpha value is -2.69. The van der Waals surface area contributed by atoms with Gasteiger partial charge in [-0.3, -0.25) is 9.59 Å². The molecule has 0 spiro atoms. The Kier molecular flexibility index (Phi) is 5.43. The normalized spacial score (nSPS) is 16.0. The monoisotopic (exact) mass is 337 g/mol. The number of pyridine rings is 1. The maximum atomic E-state index is 12.6. The van der Waals surface area contributed by atoms with Gasteiger partial charge in [-0.25, -0.2) is 0 Å². The van der Waals surface area contributed by atoms with Crippen LogP contribution in [0.5, 0.6) is 0 Å². The van der Waals surface area contributed by atoms with E-state index < -0.39 is 0 Å². The van der Waals surface area contributed by atoms with E-state index in [9.17, 15) is 9.59 Å². The molecular formula is C20H23N3O2. The lowest BCUT2D eigenvalue weighted by molar-refractivity contribution is -0.132. The summed E-state index contributed by atoms with van der Waals surface area (Å²) >= 11 is 0. The lowest BCUT2D eigenvalue weighted by Crippen LogP contribution is -2.39. The molecule has 3 rings (SSSR count). The molecule has 1 aromatic heterocycles. The van der Waals surface area contributed by atoms with E-state index in [0.29, 0.717) is 38.0 Å². The highest BCUT2D eigenvalue weighted by Crippen LogP contribution is 2.18. The third kappa shape index (κ3) is 4.44. The quantitative estimate of drug-likeness (QED) is 0.862. The first-order chi connectivity index (χ1) is 12.1. The van der Waals surface area contributed by atoms with Crippen molar-refractivity contribution in [3.05, 3.63) is 65.8 Å². The second-order valence-corrected chi connectivity index (χ2v) is 6.40. The van der Waals surface area contributed by atoms with Crippen molar-refractivity contribution in [2.24, 2.45) is 10.9 Å². The summed E-state index contributed by atoms with van der Waals surface area (Å²) in [5.41, 5.74) is 1.84. The average Bonchev–Trinajstić information content (AvgIpc) is 2.64. The molecule has 5 nitrogen and oxygen atoms in total. The summed E-state index contributed by atoms with van der Waals surface area (Å²) in [7, 11) is 0. The number of rotatable bonds is 3. The van der Waals surface area contributed by atoms with Gasteiger partial charge >= 0.3 is 0 Å². The molecule has 5 heteroatoms. The summed E-state index contributed by atoms with van der Waals surface area (Å²) in [6, 6.07) is 15.8. The molecule has 0 atom stereocenters. The fraction of sp³-hybridized carbons (Fsp3) is 0.350. The molecule has 1 fully saturated rings. The minimum Gasteiger partial charge on any atom is -0.343 e. The standard InChI is InChI=1S/C20H23N3O2/c1-16(24)22-13-10-18(11-14-22)20(25)21-19-9-5-6-12-23(19)15-17-7-3-2-4-8-17/h2-9,12,18H,10-11,13-15H2,1H3. The number of likely N-dealkylation sites (tertiary alicyclic amines) is 1. The van der Waals surface area contributed by atoms with Crippen molar-refractivity contribution in [2.75, 3.05) is 13.1 Å².